The Morgan fingerprint density at radius 3 is 2.64 bits per heavy atom. The third kappa shape index (κ3) is 3.29. The van der Waals surface area contributed by atoms with Gasteiger partial charge in [-0.25, -0.2) is 14.1 Å². The van der Waals surface area contributed by atoms with Crippen molar-refractivity contribution in [3.63, 3.8) is 0 Å². The summed E-state index contributed by atoms with van der Waals surface area (Å²) in [5, 5.41) is 10.9. The minimum atomic E-state index is -0.354. The van der Waals surface area contributed by atoms with Gasteiger partial charge in [-0.3, -0.25) is 9.89 Å². The van der Waals surface area contributed by atoms with Crippen molar-refractivity contribution in [2.45, 2.75) is 44.9 Å². The summed E-state index contributed by atoms with van der Waals surface area (Å²) in [7, 11) is 0. The van der Waals surface area contributed by atoms with Crippen LogP contribution in [-0.2, 0) is 0 Å². The number of halogens is 1. The molecule has 2 N–H and O–H groups in total. The van der Waals surface area contributed by atoms with Crippen molar-refractivity contribution in [1.29, 1.82) is 0 Å². The van der Waals surface area contributed by atoms with Gasteiger partial charge in [-0.1, -0.05) is 29.2 Å². The van der Waals surface area contributed by atoms with Gasteiger partial charge in [-0.2, -0.15) is 4.98 Å². The number of rotatable bonds is 3. The molecule has 0 bridgehead atoms. The van der Waals surface area contributed by atoms with Crippen LogP contribution in [0.1, 0.15) is 49.7 Å². The van der Waals surface area contributed by atoms with E-state index in [0.29, 0.717) is 45.6 Å². The van der Waals surface area contributed by atoms with Crippen LogP contribution in [0, 0.1) is 12.7 Å². The molecule has 4 heterocycles. The van der Waals surface area contributed by atoms with E-state index < -0.39 is 0 Å². The Morgan fingerprint density at radius 1 is 1.06 bits per heavy atom. The van der Waals surface area contributed by atoms with Gasteiger partial charge in [0.1, 0.15) is 17.0 Å². The zero-order valence-electron chi connectivity index (χ0n) is 18.0. The van der Waals surface area contributed by atoms with Gasteiger partial charge in [-0.15, -0.1) is 9.61 Å². The van der Waals surface area contributed by atoms with Crippen LogP contribution in [-0.4, -0.2) is 34.8 Å². The molecule has 0 aliphatic heterocycles. The highest BCUT2D eigenvalue weighted by molar-refractivity contribution is 5.90. The van der Waals surface area contributed by atoms with Gasteiger partial charge in [0.2, 0.25) is 5.82 Å². The van der Waals surface area contributed by atoms with Gasteiger partial charge in [0.15, 0.2) is 11.2 Å². The largest absolute Gasteiger partial charge is 0.458 e. The van der Waals surface area contributed by atoms with E-state index in [9.17, 15) is 9.18 Å². The molecule has 1 saturated carbocycles. The molecule has 0 amide bonds. The zero-order chi connectivity index (χ0) is 22.5. The van der Waals surface area contributed by atoms with Crippen LogP contribution in [0.3, 0.4) is 0 Å². The van der Waals surface area contributed by atoms with E-state index in [1.54, 1.807) is 28.9 Å². The molecule has 1 aliphatic carbocycles. The van der Waals surface area contributed by atoms with Crippen molar-refractivity contribution in [2.75, 3.05) is 0 Å². The number of aromatic nitrogens is 8. The predicted octanol–water partition coefficient (Wildman–Crippen LogP) is 3.13. The molecule has 1 aromatic carbocycles. The molecule has 1 fully saturated rings. The lowest BCUT2D eigenvalue weighted by atomic mass is 9.89. The molecule has 0 spiro atoms. The number of hydrogen-bond acceptors (Lipinski definition) is 5. The Labute approximate surface area is 187 Å². The Bertz CT molecular complexity index is 1540. The Hall–Kier alpha value is -3.95. The van der Waals surface area contributed by atoms with E-state index in [4.69, 9.17) is 0 Å². The topological polar surface area (TPSA) is 109 Å². The molecule has 0 radical (unpaired) electrons. The van der Waals surface area contributed by atoms with E-state index in [2.05, 4.69) is 30.2 Å². The molecular weight excluding hydrogens is 423 g/mol. The predicted molar refractivity (Wildman–Crippen MR) is 119 cm³/mol. The van der Waals surface area contributed by atoms with Crippen molar-refractivity contribution >= 4 is 16.7 Å². The van der Waals surface area contributed by atoms with Gasteiger partial charge in [0, 0.05) is 24.6 Å². The standard InChI is InChI=1S/C23H21FN8O/c1-13-25-22-26-17-11-12-31(23-27-20(28-29-23)15-5-3-2-4-6-15)21(33)18(17)19(32(22)30-13)14-7-9-16(24)10-8-14/h7-12,15H,2-6H2,1H3,(H,27,28,29)/p+1. The van der Waals surface area contributed by atoms with Crippen LogP contribution < -0.4 is 10.1 Å². The van der Waals surface area contributed by atoms with Gasteiger partial charge in [0.25, 0.3) is 11.5 Å². The van der Waals surface area contributed by atoms with E-state index >= 15 is 0 Å². The molecule has 0 atom stereocenters. The third-order valence-corrected chi connectivity index (χ3v) is 6.31. The minimum Gasteiger partial charge on any atom is -0.268 e. The fraction of sp³-hybridized carbons (Fsp3) is 0.304. The van der Waals surface area contributed by atoms with E-state index in [-0.39, 0.29) is 11.4 Å². The first-order valence-electron chi connectivity index (χ1n) is 11.1. The molecule has 4 aromatic heterocycles. The van der Waals surface area contributed by atoms with Gasteiger partial charge in [0.05, 0.1) is 0 Å². The number of pyridine rings is 1. The molecule has 166 valence electrons. The lowest BCUT2D eigenvalue weighted by Gasteiger charge is -2.18. The van der Waals surface area contributed by atoms with Crippen LogP contribution in [0.4, 0.5) is 4.39 Å². The van der Waals surface area contributed by atoms with Gasteiger partial charge in [-0.05, 0) is 43.2 Å². The lowest BCUT2D eigenvalue weighted by Crippen LogP contribution is -2.31. The molecule has 10 heteroatoms. The summed E-state index contributed by atoms with van der Waals surface area (Å²) in [5.41, 5.74) is 1.40. The average Bonchev–Trinajstić information content (AvgIpc) is 3.45. The number of nitrogens with one attached hydrogen (secondary N) is 2. The highest BCUT2D eigenvalue weighted by Crippen LogP contribution is 2.30. The number of nitrogens with zero attached hydrogens (tertiary/aromatic N) is 6. The maximum Gasteiger partial charge on any atom is 0.458 e. The quantitative estimate of drug-likeness (QED) is 0.415. The average molecular weight is 445 g/mol. The summed E-state index contributed by atoms with van der Waals surface area (Å²) in [6.45, 7) is 1.81. The second-order valence-electron chi connectivity index (χ2n) is 8.52. The second kappa shape index (κ2) is 7.58. The Kier molecular flexibility index (Phi) is 4.53. The van der Waals surface area contributed by atoms with Crippen molar-refractivity contribution in [3.8, 4) is 17.2 Å². The molecule has 9 nitrogen and oxygen atoms in total. The highest BCUT2D eigenvalue weighted by Gasteiger charge is 2.25. The van der Waals surface area contributed by atoms with Crippen LogP contribution in [0.5, 0.6) is 0 Å². The fourth-order valence-corrected chi connectivity index (χ4v) is 4.70. The summed E-state index contributed by atoms with van der Waals surface area (Å²) in [6, 6.07) is 7.76. The molecular formula is C23H22FN8O+. The molecule has 33 heavy (non-hydrogen) atoms. The highest BCUT2D eigenvalue weighted by atomic mass is 19.1. The SMILES string of the molecule is Cc1nc2nc3ccn(-c4n[nH]c(C5CCCCC5)n4)c(=O)c3c(-c3ccc(F)cc3)[n+]2[nH]1. The third-order valence-electron chi connectivity index (χ3n) is 6.31. The fourth-order valence-electron chi connectivity index (χ4n) is 4.70. The van der Waals surface area contributed by atoms with Gasteiger partial charge < -0.3 is 0 Å². The summed E-state index contributed by atoms with van der Waals surface area (Å²) in [4.78, 5) is 27.4. The number of fused-ring (bicyclic) bond motifs is 2. The summed E-state index contributed by atoms with van der Waals surface area (Å²) >= 11 is 0. The molecule has 0 unspecified atom stereocenters. The molecule has 5 aromatic rings. The van der Waals surface area contributed by atoms with Crippen LogP contribution in [0.25, 0.3) is 33.9 Å². The smallest absolute Gasteiger partial charge is 0.268 e. The van der Waals surface area contributed by atoms with E-state index in [1.165, 1.54) is 36.0 Å². The normalized spacial score (nSPS) is 15.0. The Morgan fingerprint density at radius 2 is 1.85 bits per heavy atom. The maximum absolute atomic E-state index is 13.7. The number of H-pyrrole nitrogens is 2. The first kappa shape index (κ1) is 19.7. The van der Waals surface area contributed by atoms with Crippen LogP contribution in [0.2, 0.25) is 0 Å². The van der Waals surface area contributed by atoms with E-state index in [0.717, 1.165) is 18.7 Å². The van der Waals surface area contributed by atoms with Crippen LogP contribution >= 0.6 is 0 Å². The number of hydrogen-bond donors (Lipinski definition) is 2. The summed E-state index contributed by atoms with van der Waals surface area (Å²) in [6.07, 6.45) is 7.40. The summed E-state index contributed by atoms with van der Waals surface area (Å²) < 4.78 is 16.7. The first-order chi connectivity index (χ1) is 16.1. The zero-order valence-corrected chi connectivity index (χ0v) is 18.0. The van der Waals surface area contributed by atoms with Crippen molar-refractivity contribution in [3.05, 3.63) is 64.3 Å². The molecule has 0 saturated heterocycles. The number of benzene rings is 1. The van der Waals surface area contributed by atoms with Crippen molar-refractivity contribution < 1.29 is 8.91 Å². The first-order valence-corrected chi connectivity index (χ1v) is 11.1. The van der Waals surface area contributed by atoms with E-state index in [1.807, 2.05) is 6.92 Å². The van der Waals surface area contributed by atoms with Crippen LogP contribution in [0.15, 0.2) is 41.3 Å². The Balaban J connectivity index is 1.58. The number of aromatic amines is 2. The second-order valence-corrected chi connectivity index (χ2v) is 8.52. The summed E-state index contributed by atoms with van der Waals surface area (Å²) in [5.74, 6) is 2.19. The number of aryl methyl sites for hydroxylation is 1. The monoisotopic (exact) mass is 445 g/mol. The maximum atomic E-state index is 13.7. The lowest BCUT2D eigenvalue weighted by molar-refractivity contribution is -0.567. The molecule has 6 rings (SSSR count). The minimum absolute atomic E-state index is 0.304. The van der Waals surface area contributed by atoms with Crippen molar-refractivity contribution in [1.82, 2.24) is 34.8 Å². The molecule has 1 aliphatic rings. The van der Waals surface area contributed by atoms with Crippen molar-refractivity contribution in [2.24, 2.45) is 0 Å². The van der Waals surface area contributed by atoms with Gasteiger partial charge >= 0.3 is 5.78 Å².